The highest BCUT2D eigenvalue weighted by atomic mass is 16.6. The van der Waals surface area contributed by atoms with Crippen molar-refractivity contribution >= 4 is 17.5 Å². The number of hydrogen-bond acceptors (Lipinski definition) is 4. The van der Waals surface area contributed by atoms with Crippen molar-refractivity contribution in [3.63, 3.8) is 0 Å². The molecule has 1 aliphatic heterocycles. The first kappa shape index (κ1) is 16.4. The van der Waals surface area contributed by atoms with Gasteiger partial charge in [-0.1, -0.05) is 19.9 Å². The van der Waals surface area contributed by atoms with Crippen LogP contribution in [0.3, 0.4) is 0 Å². The smallest absolute Gasteiger partial charge is 0.270 e. The van der Waals surface area contributed by atoms with Gasteiger partial charge in [0.15, 0.2) is 0 Å². The molecule has 1 aromatic carbocycles. The number of carbonyl (C=O) groups excluding carboxylic acids is 2. The average molecular weight is 331 g/mol. The summed E-state index contributed by atoms with van der Waals surface area (Å²) in [6.07, 6.45) is 0. The zero-order valence-corrected chi connectivity index (χ0v) is 14.0. The molecule has 1 saturated carbocycles. The van der Waals surface area contributed by atoms with Gasteiger partial charge in [0.05, 0.1) is 4.92 Å². The minimum Gasteiger partial charge on any atom is -0.341 e. The first-order valence-corrected chi connectivity index (χ1v) is 8.06. The van der Waals surface area contributed by atoms with Gasteiger partial charge in [0.1, 0.15) is 6.04 Å². The number of rotatable bonds is 4. The summed E-state index contributed by atoms with van der Waals surface area (Å²) in [5.41, 5.74) is 0.351. The Morgan fingerprint density at radius 1 is 1.33 bits per heavy atom. The van der Waals surface area contributed by atoms with Crippen LogP contribution in [0.15, 0.2) is 24.3 Å². The average Bonchev–Trinajstić information content (AvgIpc) is 2.92. The van der Waals surface area contributed by atoms with E-state index in [2.05, 4.69) is 19.2 Å². The van der Waals surface area contributed by atoms with Crippen LogP contribution in [0.5, 0.6) is 0 Å². The van der Waals surface area contributed by atoms with Crippen LogP contribution in [0.25, 0.3) is 0 Å². The van der Waals surface area contributed by atoms with Crippen LogP contribution in [0.4, 0.5) is 5.69 Å². The van der Waals surface area contributed by atoms with Crippen LogP contribution >= 0.6 is 0 Å². The lowest BCUT2D eigenvalue weighted by atomic mass is 10.1. The Labute approximate surface area is 140 Å². The summed E-state index contributed by atoms with van der Waals surface area (Å²) >= 11 is 0. The van der Waals surface area contributed by atoms with Crippen LogP contribution < -0.4 is 5.32 Å². The van der Waals surface area contributed by atoms with Crippen LogP contribution in [0, 0.1) is 27.4 Å². The van der Waals surface area contributed by atoms with E-state index in [9.17, 15) is 19.7 Å². The largest absolute Gasteiger partial charge is 0.341 e. The van der Waals surface area contributed by atoms with Gasteiger partial charge < -0.3 is 10.2 Å². The minimum atomic E-state index is -0.655. The molecule has 3 rings (SSSR count). The van der Waals surface area contributed by atoms with Crippen molar-refractivity contribution in [1.82, 2.24) is 10.2 Å². The summed E-state index contributed by atoms with van der Waals surface area (Å²) in [5, 5.41) is 13.4. The van der Waals surface area contributed by atoms with Gasteiger partial charge in [0.2, 0.25) is 5.91 Å². The zero-order chi connectivity index (χ0) is 17.6. The third kappa shape index (κ3) is 2.74. The molecule has 3 unspecified atom stereocenters. The molecule has 1 aliphatic carbocycles. The highest BCUT2D eigenvalue weighted by Gasteiger charge is 2.62. The van der Waals surface area contributed by atoms with Crippen molar-refractivity contribution in [2.24, 2.45) is 17.3 Å². The maximum Gasteiger partial charge on any atom is 0.270 e. The van der Waals surface area contributed by atoms with Gasteiger partial charge in [-0.25, -0.2) is 0 Å². The Morgan fingerprint density at radius 2 is 1.96 bits per heavy atom. The number of nitro groups is 1. The van der Waals surface area contributed by atoms with Crippen LogP contribution in [0.2, 0.25) is 0 Å². The number of hydrogen-bond donors (Lipinski definition) is 1. The summed E-state index contributed by atoms with van der Waals surface area (Å²) in [4.78, 5) is 36.7. The standard InChI is InChI=1S/C17H21N3O4/c1-10(16(22)19-8-13-14(9-19)17(13,2)3)18-15(21)11-5-4-6-12(7-11)20(23)24/h4-7,10,13-14H,8-9H2,1-3H3,(H,18,21). The number of piperidine rings is 1. The maximum atomic E-state index is 12.5. The number of amides is 2. The van der Waals surface area contributed by atoms with Crippen molar-refractivity contribution < 1.29 is 14.5 Å². The van der Waals surface area contributed by atoms with E-state index in [-0.39, 0.29) is 17.2 Å². The molecule has 7 heteroatoms. The topological polar surface area (TPSA) is 92.5 Å². The molecule has 1 saturated heterocycles. The van der Waals surface area contributed by atoms with Gasteiger partial charge in [-0.2, -0.15) is 0 Å². The van der Waals surface area contributed by atoms with Crippen molar-refractivity contribution in [1.29, 1.82) is 0 Å². The minimum absolute atomic E-state index is 0.100. The Hall–Kier alpha value is -2.44. The molecule has 1 heterocycles. The van der Waals surface area contributed by atoms with Gasteiger partial charge in [0, 0.05) is 30.8 Å². The second-order valence-corrected chi connectivity index (χ2v) is 7.28. The molecular weight excluding hydrogens is 310 g/mol. The van der Waals surface area contributed by atoms with E-state index in [1.54, 1.807) is 11.8 Å². The third-order valence-electron chi connectivity index (χ3n) is 5.47. The van der Waals surface area contributed by atoms with E-state index in [0.29, 0.717) is 17.3 Å². The summed E-state index contributed by atoms with van der Waals surface area (Å²) < 4.78 is 0. The number of nitrogens with one attached hydrogen (secondary N) is 1. The number of benzene rings is 1. The van der Waals surface area contributed by atoms with E-state index in [1.807, 2.05) is 0 Å². The van der Waals surface area contributed by atoms with Gasteiger partial charge >= 0.3 is 0 Å². The normalized spacial score (nSPS) is 24.9. The van der Waals surface area contributed by atoms with Crippen LogP contribution in [0.1, 0.15) is 31.1 Å². The predicted molar refractivity (Wildman–Crippen MR) is 87.4 cm³/mol. The van der Waals surface area contributed by atoms with E-state index in [4.69, 9.17) is 0 Å². The molecule has 24 heavy (non-hydrogen) atoms. The number of non-ortho nitro benzene ring substituents is 1. The molecule has 2 amide bonds. The monoisotopic (exact) mass is 331 g/mol. The number of nitro benzene ring substituents is 1. The summed E-state index contributed by atoms with van der Waals surface area (Å²) in [6, 6.07) is 4.82. The molecule has 0 spiro atoms. The van der Waals surface area contributed by atoms with E-state index < -0.39 is 16.9 Å². The lowest BCUT2D eigenvalue weighted by molar-refractivity contribution is -0.384. The zero-order valence-electron chi connectivity index (χ0n) is 14.0. The Kier molecular flexibility index (Phi) is 3.81. The first-order chi connectivity index (χ1) is 11.2. The quantitative estimate of drug-likeness (QED) is 0.673. The number of fused-ring (bicyclic) bond motifs is 1. The van der Waals surface area contributed by atoms with Crippen molar-refractivity contribution in [3.8, 4) is 0 Å². The highest BCUT2D eigenvalue weighted by Crippen LogP contribution is 2.61. The second-order valence-electron chi connectivity index (χ2n) is 7.28. The fourth-order valence-electron chi connectivity index (χ4n) is 3.69. The molecular formula is C17H21N3O4. The Bertz CT molecular complexity index is 702. The molecule has 1 N–H and O–H groups in total. The Morgan fingerprint density at radius 3 is 2.54 bits per heavy atom. The molecule has 0 aromatic heterocycles. The third-order valence-corrected chi connectivity index (χ3v) is 5.47. The highest BCUT2D eigenvalue weighted by molar-refractivity contribution is 5.97. The van der Waals surface area contributed by atoms with Crippen LogP contribution in [-0.2, 0) is 4.79 Å². The van der Waals surface area contributed by atoms with E-state index in [0.717, 1.165) is 13.1 Å². The molecule has 2 aliphatic rings. The summed E-state index contributed by atoms with van der Waals surface area (Å²) in [7, 11) is 0. The van der Waals surface area contributed by atoms with Crippen molar-refractivity contribution in [2.45, 2.75) is 26.8 Å². The second kappa shape index (κ2) is 5.58. The van der Waals surface area contributed by atoms with Crippen molar-refractivity contribution in [2.75, 3.05) is 13.1 Å². The molecule has 2 fully saturated rings. The summed E-state index contributed by atoms with van der Waals surface area (Å²) in [5.74, 6) is 0.531. The summed E-state index contributed by atoms with van der Waals surface area (Å²) in [6.45, 7) is 7.57. The molecule has 128 valence electrons. The maximum absolute atomic E-state index is 12.5. The van der Waals surface area contributed by atoms with Crippen molar-refractivity contribution in [3.05, 3.63) is 39.9 Å². The van der Waals surface area contributed by atoms with Gasteiger partial charge in [-0.05, 0) is 30.2 Å². The number of carbonyl (C=O) groups is 2. The van der Waals surface area contributed by atoms with Crippen LogP contribution in [-0.4, -0.2) is 40.8 Å². The van der Waals surface area contributed by atoms with Gasteiger partial charge in [-0.15, -0.1) is 0 Å². The lowest BCUT2D eigenvalue weighted by Crippen LogP contribution is -2.47. The fraction of sp³-hybridized carbons (Fsp3) is 0.529. The molecule has 0 radical (unpaired) electrons. The Balaban J connectivity index is 1.59. The van der Waals surface area contributed by atoms with E-state index >= 15 is 0 Å². The van der Waals surface area contributed by atoms with E-state index in [1.165, 1.54) is 24.3 Å². The predicted octanol–water partition coefficient (Wildman–Crippen LogP) is 1.83. The first-order valence-electron chi connectivity index (χ1n) is 8.06. The SMILES string of the molecule is CC(NC(=O)c1cccc([N+](=O)[O-])c1)C(=O)N1CC2C(C1)C2(C)C. The molecule has 1 aromatic rings. The number of nitrogens with zero attached hydrogens (tertiary/aromatic N) is 2. The lowest BCUT2D eigenvalue weighted by Gasteiger charge is -2.25. The van der Waals surface area contributed by atoms with Gasteiger partial charge in [-0.3, -0.25) is 19.7 Å². The van der Waals surface area contributed by atoms with Gasteiger partial charge in [0.25, 0.3) is 11.6 Å². The fourth-order valence-corrected chi connectivity index (χ4v) is 3.69. The number of likely N-dealkylation sites (tertiary alicyclic amines) is 1. The molecule has 0 bridgehead atoms. The molecule has 3 atom stereocenters. The molecule has 7 nitrogen and oxygen atoms in total.